The second kappa shape index (κ2) is 22.5. The number of hydrogen-bond acceptors (Lipinski definition) is 16. The van der Waals surface area contributed by atoms with Gasteiger partial charge in [-0.3, -0.25) is 48.1 Å². The van der Waals surface area contributed by atoms with Gasteiger partial charge in [-0.1, -0.05) is 43.7 Å². The molecule has 1 aliphatic carbocycles. The van der Waals surface area contributed by atoms with E-state index in [9.17, 15) is 53.1 Å². The SMILES string of the molecule is CC[C@@]1(O)C(=O)OCc2c1cc1n(c2=O)Cc2c-1nc1cc3c(c4c1c2[C@@H](NC(=O)COCNC(=O)CNC(=O)[C@H](Cc1ccccc1)NC(=O)CNC(=O)CNC(=O)CCCCCN1C(=O)C=CC1=O)CC4)OCO3. The standard InChI is InChI=1S/C52H55N9O15/c1-2-52(72)32-18-36-47-30(23-61(36)50(70)31(32)24-74-51(52)71)46-33(13-12-29-45(46)34(59-47)19-37-48(29)76-27-75-37)57-42(66)25-73-26-56-40(64)21-55-49(69)35(17-28-9-5-3-6-10-28)58-41(65)22-54-39(63)20-53-38(62)11-7-4-8-16-60-43(67)14-15-44(60)68/h3,5-6,9-10,14-15,18-19,33,35,72H,2,4,7-8,11-13,16-17,20-27H2,1H3,(H,53,62)(H,54,63)(H,55,69)(H,56,64)(H,57,66)(H,58,65)/t33-,35-,52-/m0/s1. The highest BCUT2D eigenvalue weighted by Crippen LogP contribution is 2.50. The first-order valence-electron chi connectivity index (χ1n) is 24.9. The summed E-state index contributed by atoms with van der Waals surface area (Å²) in [4.78, 5) is 134. The number of fused-ring (bicyclic) bond motifs is 7. The van der Waals surface area contributed by atoms with Crippen LogP contribution in [0.4, 0.5) is 0 Å². The smallest absolute Gasteiger partial charge is 0.343 e. The zero-order valence-corrected chi connectivity index (χ0v) is 41.4. The molecule has 0 spiro atoms. The van der Waals surface area contributed by atoms with E-state index in [-0.39, 0.29) is 68.7 Å². The Morgan fingerprint density at radius 3 is 2.34 bits per heavy atom. The van der Waals surface area contributed by atoms with Crippen LogP contribution in [0.5, 0.6) is 11.5 Å². The summed E-state index contributed by atoms with van der Waals surface area (Å²) in [6, 6.07) is 10.4. The van der Waals surface area contributed by atoms with Crippen LogP contribution in [0.15, 0.2) is 59.4 Å². The van der Waals surface area contributed by atoms with Crippen molar-refractivity contribution in [3.05, 3.63) is 98.4 Å². The largest absolute Gasteiger partial charge is 0.458 e. The number of hydrogen-bond donors (Lipinski definition) is 7. The number of imide groups is 1. The van der Waals surface area contributed by atoms with E-state index in [2.05, 4.69) is 31.9 Å². The second-order valence-corrected chi connectivity index (χ2v) is 18.7. The molecule has 24 nitrogen and oxygen atoms in total. The Bertz CT molecular complexity index is 3140. The number of esters is 1. The topological polar surface area (TPSA) is 321 Å². The molecule has 4 aliphatic heterocycles. The fourth-order valence-corrected chi connectivity index (χ4v) is 10.00. The van der Waals surface area contributed by atoms with Crippen molar-refractivity contribution in [1.82, 2.24) is 46.4 Å². The normalized spacial score (nSPS) is 17.8. The van der Waals surface area contributed by atoms with Crippen LogP contribution in [0.2, 0.25) is 0 Å². The van der Waals surface area contributed by atoms with Crippen LogP contribution in [-0.4, -0.2) is 125 Å². The van der Waals surface area contributed by atoms with Gasteiger partial charge in [0.15, 0.2) is 17.1 Å². The Morgan fingerprint density at radius 1 is 0.829 bits per heavy atom. The van der Waals surface area contributed by atoms with Gasteiger partial charge in [-0.05, 0) is 49.3 Å². The number of carbonyl (C=O) groups excluding carboxylic acids is 9. The molecule has 2 aromatic carbocycles. The molecule has 0 bridgehead atoms. The molecule has 24 heteroatoms. The van der Waals surface area contributed by atoms with Crippen LogP contribution < -0.4 is 46.9 Å². The van der Waals surface area contributed by atoms with Crippen molar-refractivity contribution in [2.45, 2.75) is 89.1 Å². The molecule has 2 aromatic heterocycles. The number of aromatic nitrogens is 2. The molecule has 0 fully saturated rings. The van der Waals surface area contributed by atoms with Crippen molar-refractivity contribution >= 4 is 64.1 Å². The van der Waals surface area contributed by atoms with E-state index in [4.69, 9.17) is 23.9 Å². The minimum absolute atomic E-state index is 0.0203. The van der Waals surface area contributed by atoms with Crippen LogP contribution in [0, 0.1) is 0 Å². The predicted molar refractivity (Wildman–Crippen MR) is 264 cm³/mol. The molecule has 3 atom stereocenters. The maximum absolute atomic E-state index is 14.0. The molecule has 7 N–H and O–H groups in total. The van der Waals surface area contributed by atoms with Gasteiger partial charge in [-0.15, -0.1) is 0 Å². The molecule has 0 saturated heterocycles. The minimum Gasteiger partial charge on any atom is -0.458 e. The Labute approximate surface area is 433 Å². The van der Waals surface area contributed by atoms with Crippen molar-refractivity contribution < 1.29 is 67.2 Å². The maximum Gasteiger partial charge on any atom is 0.343 e. The fourth-order valence-electron chi connectivity index (χ4n) is 10.00. The van der Waals surface area contributed by atoms with Crippen LogP contribution >= 0.6 is 0 Å². The lowest BCUT2D eigenvalue weighted by molar-refractivity contribution is -0.172. The summed E-state index contributed by atoms with van der Waals surface area (Å²) >= 11 is 0. The first kappa shape index (κ1) is 52.4. The Balaban J connectivity index is 0.749. The van der Waals surface area contributed by atoms with Crippen molar-refractivity contribution in [1.29, 1.82) is 0 Å². The lowest BCUT2D eigenvalue weighted by atomic mass is 9.82. The number of aliphatic hydroxyl groups is 1. The Morgan fingerprint density at radius 2 is 1.57 bits per heavy atom. The first-order valence-corrected chi connectivity index (χ1v) is 24.9. The van der Waals surface area contributed by atoms with E-state index in [1.807, 2.05) is 0 Å². The van der Waals surface area contributed by atoms with Crippen molar-refractivity contribution in [2.75, 3.05) is 46.3 Å². The zero-order valence-electron chi connectivity index (χ0n) is 41.4. The van der Waals surface area contributed by atoms with Gasteiger partial charge in [-0.25, -0.2) is 9.78 Å². The van der Waals surface area contributed by atoms with Crippen LogP contribution in [-0.2, 0) is 84.2 Å². The lowest BCUT2D eigenvalue weighted by Gasteiger charge is -2.31. The highest BCUT2D eigenvalue weighted by molar-refractivity contribution is 6.12. The third kappa shape index (κ3) is 11.0. The average Bonchev–Trinajstić information content (AvgIpc) is 4.13. The van der Waals surface area contributed by atoms with Crippen LogP contribution in [0.25, 0.3) is 22.3 Å². The Hall–Kier alpha value is -8.51. The number of rotatable bonds is 22. The van der Waals surface area contributed by atoms with Gasteiger partial charge in [0.1, 0.15) is 26.0 Å². The number of unbranched alkanes of at least 4 members (excludes halogenated alkanes) is 2. The number of amides is 8. The minimum atomic E-state index is -2.02. The monoisotopic (exact) mass is 1050 g/mol. The van der Waals surface area contributed by atoms with Gasteiger partial charge in [0.2, 0.25) is 42.2 Å². The number of pyridine rings is 2. The maximum atomic E-state index is 14.0. The first-order chi connectivity index (χ1) is 36.6. The number of ether oxygens (including phenoxy) is 4. The Kier molecular flexibility index (Phi) is 15.5. The molecule has 8 amide bonds. The third-order valence-corrected chi connectivity index (χ3v) is 13.9. The van der Waals surface area contributed by atoms with Gasteiger partial charge >= 0.3 is 5.97 Å². The van der Waals surface area contributed by atoms with Gasteiger partial charge < -0.3 is 60.5 Å². The summed E-state index contributed by atoms with van der Waals surface area (Å²) in [7, 11) is 0. The molecule has 5 aliphatic rings. The molecule has 6 heterocycles. The van der Waals surface area contributed by atoms with Crippen LogP contribution in [0.1, 0.15) is 84.9 Å². The van der Waals surface area contributed by atoms with Gasteiger partial charge in [0, 0.05) is 59.7 Å². The highest BCUT2D eigenvalue weighted by Gasteiger charge is 2.46. The molecule has 4 aromatic rings. The van der Waals surface area contributed by atoms with E-state index in [0.29, 0.717) is 71.6 Å². The quantitative estimate of drug-likeness (QED) is 0.0200. The number of benzene rings is 2. The number of nitrogens with one attached hydrogen (secondary N) is 6. The van der Waals surface area contributed by atoms with E-state index in [0.717, 1.165) is 21.4 Å². The van der Waals surface area contributed by atoms with Crippen LogP contribution in [0.3, 0.4) is 0 Å². The molecule has 0 saturated carbocycles. The van der Waals surface area contributed by atoms with Crippen molar-refractivity contribution in [2.24, 2.45) is 0 Å². The molecular formula is C52H55N9O15. The fraction of sp³-hybridized carbons (Fsp3) is 0.404. The highest BCUT2D eigenvalue weighted by atomic mass is 16.7. The van der Waals surface area contributed by atoms with E-state index < -0.39 is 97.6 Å². The van der Waals surface area contributed by atoms with Gasteiger partial charge in [-0.2, -0.15) is 0 Å². The molecule has 0 radical (unpaired) electrons. The second-order valence-electron chi connectivity index (χ2n) is 18.7. The molecule has 9 rings (SSSR count). The molecule has 398 valence electrons. The van der Waals surface area contributed by atoms with Crippen molar-refractivity contribution in [3.8, 4) is 22.9 Å². The summed E-state index contributed by atoms with van der Waals surface area (Å²) in [5.41, 5.74) is 2.20. The molecule has 76 heavy (non-hydrogen) atoms. The van der Waals surface area contributed by atoms with E-state index in [1.54, 1.807) is 49.4 Å². The zero-order chi connectivity index (χ0) is 53.7. The molecule has 0 unspecified atom stereocenters. The number of nitrogens with zero attached hydrogens (tertiary/aromatic N) is 3. The van der Waals surface area contributed by atoms with Crippen molar-refractivity contribution in [3.63, 3.8) is 0 Å². The van der Waals surface area contributed by atoms with E-state index in [1.165, 1.54) is 16.7 Å². The number of aryl methyl sites for hydroxylation is 1. The summed E-state index contributed by atoms with van der Waals surface area (Å²) in [5, 5.41) is 27.6. The summed E-state index contributed by atoms with van der Waals surface area (Å²) in [6.07, 6.45) is 5.02. The average molecular weight is 1050 g/mol. The summed E-state index contributed by atoms with van der Waals surface area (Å²) in [5.74, 6) is -4.13. The summed E-state index contributed by atoms with van der Waals surface area (Å²) < 4.78 is 23.9. The predicted octanol–water partition coefficient (Wildman–Crippen LogP) is -0.436. The van der Waals surface area contributed by atoms with Gasteiger partial charge in [0.25, 0.3) is 17.4 Å². The summed E-state index contributed by atoms with van der Waals surface area (Å²) in [6.45, 7) is -0.607. The van der Waals surface area contributed by atoms with E-state index >= 15 is 0 Å². The lowest BCUT2D eigenvalue weighted by Crippen LogP contribution is -2.52. The molecular weight excluding hydrogens is 991 g/mol. The number of cyclic esters (lactones) is 1. The number of carbonyl (C=O) groups is 9. The van der Waals surface area contributed by atoms with Gasteiger partial charge in [0.05, 0.1) is 54.7 Å². The third-order valence-electron chi connectivity index (χ3n) is 13.9.